The van der Waals surface area contributed by atoms with Crippen LogP contribution in [0.1, 0.15) is 5.56 Å². The van der Waals surface area contributed by atoms with Crippen LogP contribution in [0.2, 0.25) is 0 Å². The van der Waals surface area contributed by atoms with Crippen molar-refractivity contribution in [2.45, 2.75) is 6.92 Å². The molecule has 6 heterocycles. The van der Waals surface area contributed by atoms with E-state index in [9.17, 15) is 0 Å². The summed E-state index contributed by atoms with van der Waals surface area (Å²) >= 11 is 0. The number of aryl methyl sites for hydroxylation is 1. The van der Waals surface area contributed by atoms with E-state index in [1.165, 1.54) is 41.1 Å². The van der Waals surface area contributed by atoms with Crippen molar-refractivity contribution < 1.29 is 221 Å². The minimum atomic E-state index is -0.877. The van der Waals surface area contributed by atoms with Crippen LogP contribution in [-0.4, -0.2) is 452 Å². The van der Waals surface area contributed by atoms with Gasteiger partial charge in [-0.2, -0.15) is 0 Å². The summed E-state index contributed by atoms with van der Waals surface area (Å²) in [6.07, 6.45) is 0. The van der Waals surface area contributed by atoms with Gasteiger partial charge in [-0.1, -0.05) is 90.5 Å². The van der Waals surface area contributed by atoms with Gasteiger partial charge in [0.2, 0.25) is 0 Å². The maximum atomic E-state index is 5.73. The Bertz CT molecular complexity index is 1690. The molecule has 0 atom stereocenters. The molecule has 4 bridgehead atoms. The average molecular weight is 2650 g/mol. The first-order valence-electron chi connectivity index (χ1n) is 29.1. The molecule has 0 unspecified atom stereocenters. The molecule has 6 saturated heterocycles. The molecule has 6 aliphatic heterocycles. The number of benzene rings is 4. The number of rotatable bonds is 3. The zero-order valence-corrected chi connectivity index (χ0v) is 92.0. The molecule has 4 aromatic carbocycles. The molecule has 6 aliphatic rings. The molecule has 0 aromatic heterocycles. The average Bonchev–Trinajstić information content (AvgIpc) is 0.924. The van der Waals surface area contributed by atoms with Crippen LogP contribution in [0, 0.1) is 6.92 Å². The summed E-state index contributed by atoms with van der Waals surface area (Å²) in [6.45, 7) is 30.3. The summed E-state index contributed by atoms with van der Waals surface area (Å²) in [7, 11) is -0.877. The molecule has 0 saturated carbocycles. The Morgan fingerprint density at radius 1 is 0.220 bits per heavy atom. The van der Waals surface area contributed by atoms with Crippen molar-refractivity contribution in [1.82, 2.24) is 0 Å². The fraction of sp³-hybridized carbons (Fsp3) is 0.607. The fourth-order valence-corrected chi connectivity index (χ4v) is 11.5. The van der Waals surface area contributed by atoms with Crippen LogP contribution in [-0.2, 0) is 99.0 Å². The second kappa shape index (κ2) is 87.4. The van der Waals surface area contributed by atoms with Gasteiger partial charge in [-0.05, 0) is 43.3 Å². The van der Waals surface area contributed by atoms with E-state index in [1.54, 1.807) is 0 Å². The van der Waals surface area contributed by atoms with Crippen molar-refractivity contribution in [2.24, 2.45) is 0 Å². The van der Waals surface area contributed by atoms with Gasteiger partial charge in [-0.3, -0.25) is 0 Å². The van der Waals surface area contributed by atoms with Gasteiger partial charge in [-0.15, -0.1) is 0 Å². The van der Waals surface area contributed by atoms with E-state index in [-0.39, 0.29) is 360 Å². The van der Waals surface area contributed by atoms with Crippen molar-refractivity contribution in [3.63, 3.8) is 0 Å². The third-order valence-corrected chi connectivity index (χ3v) is 16.3. The van der Waals surface area contributed by atoms with Crippen molar-refractivity contribution in [3.8, 4) is 0 Å². The van der Waals surface area contributed by atoms with E-state index in [0.717, 1.165) is 158 Å². The monoisotopic (exact) mass is 2660 g/mol. The number of quaternary nitrogens is 4. The molecule has 4 N–H and O–H groups in total. The molecule has 0 amide bonds. The molecule has 91 heavy (non-hydrogen) atoms. The molecule has 0 aliphatic carbocycles. The molecular weight excluding hydrogens is 2550 g/mol. The van der Waals surface area contributed by atoms with Gasteiger partial charge in [0.15, 0.2) is 0 Å². The van der Waals surface area contributed by atoms with Gasteiger partial charge < -0.3 is 76.4 Å². The zero-order chi connectivity index (χ0) is 54.3. The second-order valence-electron chi connectivity index (χ2n) is 19.5. The standard InChI is InChI=1S/2C18H36N2O6.C18H15P.C7H8.2K.2Pt.9Sn/c2*1-7-21-13-14-24-10-4-20-5-11-25-17-15-22-8-2-19(1)3-9-23-16-18-26-12-6-20;1-4-10-16(11-5-1)19(17-12-6-2-7-13-17)18-14-8-3-9-15-18;1-7-5-3-2-4-6-7;;;;;;;;;;;;;/h2*1-18H2;1-15H;2-6H,1H3;;;;;;;;;;;;;/q;;;;2*+1;;;;;;;;;;;/p+5. The Kier molecular flexibility index (Phi) is 113. The van der Waals surface area contributed by atoms with Crippen LogP contribution in [0.3, 0.4) is 0 Å². The molecule has 6 fully saturated rings. The van der Waals surface area contributed by atoms with Crippen LogP contribution in [0.25, 0.3) is 0 Å². The summed E-state index contributed by atoms with van der Waals surface area (Å²) in [5.74, 6) is 0. The predicted molar refractivity (Wildman–Crippen MR) is 362 cm³/mol. The van der Waals surface area contributed by atoms with Gasteiger partial charge in [0.25, 0.3) is 0 Å². The summed E-state index contributed by atoms with van der Waals surface area (Å²) in [6, 6.07) is 42.8. The molecule has 4 aromatic rings. The molecule has 0 spiro atoms. The van der Waals surface area contributed by atoms with Crippen molar-refractivity contribution in [3.05, 3.63) is 127 Å². The van der Waals surface area contributed by atoms with Crippen LogP contribution < -0.4 is 138 Å². The Balaban J connectivity index is -0.000000141. The van der Waals surface area contributed by atoms with Crippen molar-refractivity contribution in [2.75, 3.05) is 237 Å². The van der Waals surface area contributed by atoms with E-state index < -0.39 is 7.92 Å². The molecule has 16 nitrogen and oxygen atoms in total. The van der Waals surface area contributed by atoms with Gasteiger partial charge in [0, 0.05) is 257 Å². The van der Waals surface area contributed by atoms with Crippen LogP contribution in [0.5, 0.6) is 0 Å². The first-order valence-corrected chi connectivity index (χ1v) is 30.6. The Hall–Kier alpha value is 8.51. The van der Waals surface area contributed by atoms with Crippen molar-refractivity contribution in [1.29, 1.82) is 0 Å². The van der Waals surface area contributed by atoms with Crippen LogP contribution in [0.15, 0.2) is 121 Å². The fourth-order valence-electron chi connectivity index (χ4n) is 8.88. The smallest absolute Gasteiger partial charge is 0.373 e. The Morgan fingerprint density at radius 2 is 0.352 bits per heavy atom. The largest absolute Gasteiger partial charge is 1.00 e. The molecule has 30 heteroatoms. The van der Waals surface area contributed by atoms with Gasteiger partial charge >= 0.3 is 103 Å². The molecular formula is C61H100K2N4O12PPt2Sn9+7. The molecule has 492 valence electrons. The molecule has 36 radical (unpaired) electrons. The third-order valence-electron chi connectivity index (χ3n) is 13.6. The summed E-state index contributed by atoms with van der Waals surface area (Å²) < 4.78 is 68.7. The summed E-state index contributed by atoms with van der Waals surface area (Å²) in [5, 5.41) is 4.31. The zero-order valence-electron chi connectivity index (χ0n) is 54.5. The first kappa shape index (κ1) is 118. The van der Waals surface area contributed by atoms with E-state index >= 15 is 0 Å². The van der Waals surface area contributed by atoms with Crippen LogP contribution in [0.4, 0.5) is 0 Å². The number of fused-ring (bicyclic) bond motifs is 42. The van der Waals surface area contributed by atoms with Crippen LogP contribution >= 0.6 is 7.92 Å². The van der Waals surface area contributed by atoms with E-state index in [2.05, 4.69) is 110 Å². The van der Waals surface area contributed by atoms with E-state index in [1.807, 2.05) is 18.2 Å². The minimum Gasteiger partial charge on any atom is -0.373 e. The summed E-state index contributed by atoms with van der Waals surface area (Å²) in [5.41, 5.74) is 1.32. The maximum absolute atomic E-state index is 5.73. The topological polar surface area (TPSA) is 129 Å². The second-order valence-corrected chi connectivity index (χ2v) is 22.0. The van der Waals surface area contributed by atoms with Gasteiger partial charge in [0.1, 0.15) is 94.5 Å². The number of hydrogen-bond donors (Lipinski definition) is 4. The third kappa shape index (κ3) is 65.3. The number of nitrogens with one attached hydrogen (secondary N) is 4. The van der Waals surface area contributed by atoms with E-state index in [0.29, 0.717) is 79.3 Å². The normalized spacial score (nSPS) is 20.3. The van der Waals surface area contributed by atoms with E-state index in [4.69, 9.17) is 56.8 Å². The minimum absolute atomic E-state index is 0. The Morgan fingerprint density at radius 3 is 0.473 bits per heavy atom. The quantitative estimate of drug-likeness (QED) is 0.115. The first-order chi connectivity index (χ1) is 38.7. The molecule has 10 rings (SSSR count). The van der Waals surface area contributed by atoms with Gasteiger partial charge in [0.05, 0.1) is 166 Å². The predicted octanol–water partition coefficient (Wildman–Crippen LogP) is -10.5. The maximum Gasteiger partial charge on any atom is 1.00 e. The number of ether oxygens (including phenoxy) is 12. The number of hydrogen-bond acceptors (Lipinski definition) is 12. The SMILES string of the molecule is C1COCC[NH+]2CCOCCOCC[NH+](CCO1)CCOCCOCC2.C1COCC[NH+]2CCOCCOCC[NH+](CCO1)CCOCCOCC2.Cc1ccccc1.[K+].[K+].[Pt].[Pt].[Sn].[Sn].[Sn].[Sn].[Sn].[Sn].[Sn].[Sn].[Sn].c1ccc([PH+](c2ccccc2)c2ccccc2)cc1. The van der Waals surface area contributed by atoms with Gasteiger partial charge in [-0.25, -0.2) is 0 Å². The Labute approximate surface area is 815 Å². The summed E-state index contributed by atoms with van der Waals surface area (Å²) in [4.78, 5) is 5.76. The van der Waals surface area contributed by atoms with Crippen molar-refractivity contribution >= 4 is 239 Å².